The highest BCUT2D eigenvalue weighted by atomic mass is 16.5. The van der Waals surface area contributed by atoms with Gasteiger partial charge in [0.15, 0.2) is 0 Å². The number of hydrogen-bond donors (Lipinski definition) is 1. The average Bonchev–Trinajstić information content (AvgIpc) is 2.65. The van der Waals surface area contributed by atoms with E-state index in [1.807, 2.05) is 6.92 Å². The molecule has 4 aliphatic rings. The van der Waals surface area contributed by atoms with Crippen LogP contribution in [0.3, 0.4) is 0 Å². The van der Waals surface area contributed by atoms with Crippen LogP contribution >= 0.6 is 0 Å². The van der Waals surface area contributed by atoms with Crippen molar-refractivity contribution in [2.45, 2.75) is 99.0 Å². The molecule has 0 aromatic rings. The molecule has 0 radical (unpaired) electrons. The fourth-order valence-electron chi connectivity index (χ4n) is 9.17. The first-order valence-electron chi connectivity index (χ1n) is 12.3. The Balaban J connectivity index is 1.65. The highest BCUT2D eigenvalue weighted by Crippen LogP contribution is 2.73. The molecule has 0 bridgehead atoms. The van der Waals surface area contributed by atoms with Crippen LogP contribution in [0.1, 0.15) is 92.9 Å². The number of fused-ring (bicyclic) bond motifs is 5. The molecule has 0 aromatic carbocycles. The zero-order valence-corrected chi connectivity index (χ0v) is 19.7. The van der Waals surface area contributed by atoms with Crippen molar-refractivity contribution in [1.82, 2.24) is 0 Å². The topological polar surface area (TPSA) is 46.5 Å². The van der Waals surface area contributed by atoms with Gasteiger partial charge in [-0.1, -0.05) is 34.6 Å². The van der Waals surface area contributed by atoms with Gasteiger partial charge in [0.2, 0.25) is 0 Å². The minimum Gasteiger partial charge on any atom is -0.393 e. The summed E-state index contributed by atoms with van der Waals surface area (Å²) in [5.41, 5.74) is 0.627. The molecule has 0 amide bonds. The van der Waals surface area contributed by atoms with Gasteiger partial charge in [0.1, 0.15) is 5.78 Å². The van der Waals surface area contributed by atoms with Crippen LogP contribution in [0, 0.1) is 45.3 Å². The average molecular weight is 405 g/mol. The zero-order chi connectivity index (χ0) is 21.2. The van der Waals surface area contributed by atoms with Crippen molar-refractivity contribution < 1.29 is 14.6 Å². The van der Waals surface area contributed by atoms with Gasteiger partial charge in [-0.15, -0.1) is 0 Å². The first-order valence-corrected chi connectivity index (χ1v) is 12.3. The van der Waals surface area contributed by atoms with Gasteiger partial charge in [0.25, 0.3) is 0 Å². The van der Waals surface area contributed by atoms with E-state index in [0.717, 1.165) is 25.7 Å². The van der Waals surface area contributed by atoms with Crippen LogP contribution in [-0.4, -0.2) is 30.2 Å². The Labute approximate surface area is 178 Å². The summed E-state index contributed by atoms with van der Waals surface area (Å²) >= 11 is 0. The fraction of sp³-hybridized carbons (Fsp3) is 0.962. The fourth-order valence-corrected chi connectivity index (χ4v) is 9.17. The second-order valence-corrected chi connectivity index (χ2v) is 12.3. The van der Waals surface area contributed by atoms with Gasteiger partial charge in [-0.05, 0) is 91.8 Å². The van der Waals surface area contributed by atoms with Crippen LogP contribution in [0.25, 0.3) is 0 Å². The number of ether oxygens (including phenoxy) is 1. The van der Waals surface area contributed by atoms with E-state index < -0.39 is 0 Å². The van der Waals surface area contributed by atoms with Gasteiger partial charge in [-0.25, -0.2) is 0 Å². The quantitative estimate of drug-likeness (QED) is 0.662. The minimum atomic E-state index is -0.174. The number of carbonyl (C=O) groups is 1. The van der Waals surface area contributed by atoms with Gasteiger partial charge >= 0.3 is 0 Å². The molecule has 4 saturated carbocycles. The first-order chi connectivity index (χ1) is 13.5. The minimum absolute atomic E-state index is 0.00292. The Bertz CT molecular complexity index is 656. The normalized spacial score (nSPS) is 51.7. The van der Waals surface area contributed by atoms with E-state index in [4.69, 9.17) is 4.74 Å². The van der Waals surface area contributed by atoms with E-state index in [1.165, 1.54) is 25.7 Å². The van der Waals surface area contributed by atoms with E-state index in [9.17, 15) is 9.90 Å². The summed E-state index contributed by atoms with van der Waals surface area (Å²) in [6, 6.07) is 0. The summed E-state index contributed by atoms with van der Waals surface area (Å²) in [7, 11) is 0. The largest absolute Gasteiger partial charge is 0.393 e. The van der Waals surface area contributed by atoms with Crippen LogP contribution in [0.2, 0.25) is 0 Å². The summed E-state index contributed by atoms with van der Waals surface area (Å²) in [5, 5.41) is 10.8. The van der Waals surface area contributed by atoms with Crippen molar-refractivity contribution in [3.05, 3.63) is 0 Å². The molecule has 0 unspecified atom stereocenters. The number of ketones is 1. The molecule has 4 fully saturated rings. The van der Waals surface area contributed by atoms with Crippen molar-refractivity contribution in [2.24, 2.45) is 45.3 Å². The maximum Gasteiger partial charge on any atom is 0.141 e. The van der Waals surface area contributed by atoms with Crippen molar-refractivity contribution >= 4 is 5.78 Å². The second kappa shape index (κ2) is 7.05. The molecule has 166 valence electrons. The molecule has 0 aliphatic heterocycles. The molecule has 8 atom stereocenters. The lowest BCUT2D eigenvalue weighted by Crippen LogP contribution is -2.66. The summed E-state index contributed by atoms with van der Waals surface area (Å²) < 4.78 is 5.66. The third-order valence-electron chi connectivity index (χ3n) is 11.1. The lowest BCUT2D eigenvalue weighted by atomic mass is 9.34. The summed E-state index contributed by atoms with van der Waals surface area (Å²) in [6.45, 7) is 15.5. The standard InChI is InChI=1S/C26H44O3/c1-7-29-16-17-10-14-25(5)18(22(17)28)8-9-20-24(4)13-12-21(27)23(2,3)19(24)11-15-26(20,25)6/h17-21,27H,7-16H2,1-6H3/t17-,18+,19-,20+,21-,24-,25+,26+/m0/s1. The predicted molar refractivity (Wildman–Crippen MR) is 117 cm³/mol. The van der Waals surface area contributed by atoms with Gasteiger partial charge in [-0.3, -0.25) is 4.79 Å². The SMILES string of the molecule is CCOC[C@@H]1CC[C@]2(C)[C@H](CC[C@@H]3[C@@]4(C)CC[C@H](O)C(C)(C)[C@@H]4CC[C@]32C)C1=O. The van der Waals surface area contributed by atoms with Gasteiger partial charge in [-0.2, -0.15) is 0 Å². The Morgan fingerprint density at radius 2 is 1.59 bits per heavy atom. The van der Waals surface area contributed by atoms with Gasteiger partial charge in [0, 0.05) is 18.4 Å². The van der Waals surface area contributed by atoms with Gasteiger partial charge in [0.05, 0.1) is 12.7 Å². The highest BCUT2D eigenvalue weighted by Gasteiger charge is 2.68. The number of Topliss-reactive ketones (excluding diaryl/α,β-unsaturated/α-hetero) is 1. The molecule has 4 aliphatic carbocycles. The highest BCUT2D eigenvalue weighted by molar-refractivity contribution is 5.85. The van der Waals surface area contributed by atoms with Crippen LogP contribution in [0.4, 0.5) is 0 Å². The molecular formula is C26H44O3. The molecule has 4 rings (SSSR count). The van der Waals surface area contributed by atoms with Crippen LogP contribution in [-0.2, 0) is 9.53 Å². The third-order valence-corrected chi connectivity index (χ3v) is 11.1. The summed E-state index contributed by atoms with van der Waals surface area (Å²) in [4.78, 5) is 13.5. The maximum absolute atomic E-state index is 13.5. The molecule has 0 spiro atoms. The number of hydrogen-bond acceptors (Lipinski definition) is 3. The molecule has 0 heterocycles. The van der Waals surface area contributed by atoms with E-state index in [0.29, 0.717) is 30.8 Å². The van der Waals surface area contributed by atoms with Crippen molar-refractivity contribution in [3.63, 3.8) is 0 Å². The van der Waals surface area contributed by atoms with E-state index >= 15 is 0 Å². The van der Waals surface area contributed by atoms with Crippen molar-refractivity contribution in [3.8, 4) is 0 Å². The smallest absolute Gasteiger partial charge is 0.141 e. The Morgan fingerprint density at radius 1 is 0.897 bits per heavy atom. The predicted octanol–water partition coefficient (Wildman–Crippen LogP) is 5.64. The van der Waals surface area contributed by atoms with Crippen LogP contribution in [0.15, 0.2) is 0 Å². The zero-order valence-electron chi connectivity index (χ0n) is 19.7. The van der Waals surface area contributed by atoms with Crippen LogP contribution in [0.5, 0.6) is 0 Å². The lowest BCUT2D eigenvalue weighted by molar-refractivity contribution is -0.230. The molecule has 0 saturated heterocycles. The van der Waals surface area contributed by atoms with E-state index in [2.05, 4.69) is 34.6 Å². The Kier molecular flexibility index (Phi) is 5.30. The van der Waals surface area contributed by atoms with Gasteiger partial charge < -0.3 is 9.84 Å². The maximum atomic E-state index is 13.5. The second-order valence-electron chi connectivity index (χ2n) is 12.3. The van der Waals surface area contributed by atoms with E-state index in [-0.39, 0.29) is 39.6 Å². The Hall–Kier alpha value is -0.410. The molecule has 29 heavy (non-hydrogen) atoms. The van der Waals surface area contributed by atoms with E-state index in [1.54, 1.807) is 0 Å². The number of aliphatic hydroxyl groups is 1. The lowest BCUT2D eigenvalue weighted by Gasteiger charge is -2.71. The van der Waals surface area contributed by atoms with Crippen LogP contribution < -0.4 is 0 Å². The molecule has 0 aromatic heterocycles. The first kappa shape index (κ1) is 21.8. The van der Waals surface area contributed by atoms with Crippen molar-refractivity contribution in [1.29, 1.82) is 0 Å². The summed E-state index contributed by atoms with van der Waals surface area (Å²) in [6.07, 6.45) is 8.72. The van der Waals surface area contributed by atoms with Crippen molar-refractivity contribution in [2.75, 3.05) is 13.2 Å². The number of aliphatic hydroxyl groups excluding tert-OH is 1. The third kappa shape index (κ3) is 2.85. The molecule has 1 N–H and O–H groups in total. The molecule has 3 heteroatoms. The monoisotopic (exact) mass is 404 g/mol. The number of carbonyl (C=O) groups excluding carboxylic acids is 1. The molecular weight excluding hydrogens is 360 g/mol. The Morgan fingerprint density at radius 3 is 2.28 bits per heavy atom. The molecule has 3 nitrogen and oxygen atoms in total. The number of rotatable bonds is 3. The summed E-state index contributed by atoms with van der Waals surface area (Å²) in [5.74, 6) is 2.08.